The Morgan fingerprint density at radius 3 is 2.20 bits per heavy atom. The van der Waals surface area contributed by atoms with Crippen LogP contribution < -0.4 is 21.4 Å². The van der Waals surface area contributed by atoms with Crippen molar-refractivity contribution < 1.29 is 34.2 Å². The van der Waals surface area contributed by atoms with Gasteiger partial charge in [0.05, 0.1) is 49.1 Å². The van der Waals surface area contributed by atoms with Gasteiger partial charge in [0, 0.05) is 24.2 Å². The Kier molecular flexibility index (Phi) is 16.8. The van der Waals surface area contributed by atoms with Crippen molar-refractivity contribution in [2.24, 2.45) is 23.7 Å². The van der Waals surface area contributed by atoms with Crippen molar-refractivity contribution in [3.63, 3.8) is 0 Å². The van der Waals surface area contributed by atoms with E-state index >= 15 is 0 Å². The third-order valence-electron chi connectivity index (χ3n) is 8.39. The van der Waals surface area contributed by atoms with Gasteiger partial charge in [-0.15, -0.1) is 0 Å². The zero-order valence-corrected chi connectivity index (χ0v) is 30.6. The highest BCUT2D eigenvalue weighted by atomic mass is 16.4. The third kappa shape index (κ3) is 13.8. The van der Waals surface area contributed by atoms with Crippen LogP contribution in [0, 0.1) is 37.5 Å². The SMILES string of the molecule is CCC(Cn1nc(C)cc1C)C(=O)NN(CCC(=O)N[C@@H](CC(C)C)[C@@H](O)C[C@@H](C)C(=O)NC(C(=O)NCc1ccccn1)C(C)C)C(=O)O. The number of aryl methyl sites for hydroxylation is 2. The minimum Gasteiger partial charge on any atom is -0.464 e. The summed E-state index contributed by atoms with van der Waals surface area (Å²) in [5.74, 6) is -3.17. The predicted molar refractivity (Wildman–Crippen MR) is 187 cm³/mol. The molecule has 5 atom stereocenters. The molecule has 0 saturated carbocycles. The lowest BCUT2D eigenvalue weighted by molar-refractivity contribution is -0.132. The van der Waals surface area contributed by atoms with Crippen LogP contribution in [0.2, 0.25) is 0 Å². The van der Waals surface area contributed by atoms with Gasteiger partial charge in [0.15, 0.2) is 0 Å². The molecule has 50 heavy (non-hydrogen) atoms. The van der Waals surface area contributed by atoms with Gasteiger partial charge < -0.3 is 26.2 Å². The Balaban J connectivity index is 1.96. The Morgan fingerprint density at radius 2 is 1.66 bits per heavy atom. The maximum atomic E-state index is 13.2. The number of hydrogen-bond donors (Lipinski definition) is 6. The summed E-state index contributed by atoms with van der Waals surface area (Å²) >= 11 is 0. The van der Waals surface area contributed by atoms with Crippen molar-refractivity contribution in [2.45, 2.75) is 112 Å². The molecular formula is C35H56N8O7. The van der Waals surface area contributed by atoms with Gasteiger partial charge in [0.1, 0.15) is 6.04 Å². The number of carbonyl (C=O) groups is 5. The zero-order valence-electron chi connectivity index (χ0n) is 30.6. The lowest BCUT2D eigenvalue weighted by Gasteiger charge is -2.29. The molecule has 6 N–H and O–H groups in total. The standard InChI is InChI=1S/C35H56N8O7/c1-9-26(20-43-25(8)18-24(7)40-43)33(47)41-42(35(49)50)15-13-30(45)38-28(16-21(2)3)29(44)17-23(6)32(46)39-31(22(4)5)34(48)37-19-27-12-10-11-14-36-27/h10-12,14,18,21-23,26,28-29,31,44H,9,13,15-17,19-20H2,1-8H3,(H,37,48)(H,38,45)(H,39,46)(H,41,47)(H,49,50)/t23-,26?,28+,29+,31?/m1/s1. The largest absolute Gasteiger partial charge is 0.464 e. The average Bonchev–Trinajstić information content (AvgIpc) is 3.37. The fraction of sp³-hybridized carbons (Fsp3) is 0.629. The van der Waals surface area contributed by atoms with Crippen LogP contribution in [-0.2, 0) is 32.3 Å². The normalized spacial score (nSPS) is 14.3. The second-order valence-electron chi connectivity index (χ2n) is 13.7. The highest BCUT2D eigenvalue weighted by Crippen LogP contribution is 2.17. The summed E-state index contributed by atoms with van der Waals surface area (Å²) in [6, 6.07) is 5.74. The Hall–Kier alpha value is -4.53. The quantitative estimate of drug-likeness (QED) is 0.119. The Bertz CT molecular complexity index is 1410. The lowest BCUT2D eigenvalue weighted by Crippen LogP contribution is -2.52. The van der Waals surface area contributed by atoms with E-state index < -0.39 is 53.8 Å². The molecule has 2 heterocycles. The minimum absolute atomic E-state index is 0.00876. The first-order valence-electron chi connectivity index (χ1n) is 17.3. The summed E-state index contributed by atoms with van der Waals surface area (Å²) in [7, 11) is 0. The van der Waals surface area contributed by atoms with Crippen molar-refractivity contribution in [1.29, 1.82) is 0 Å². The molecule has 0 aliphatic carbocycles. The van der Waals surface area contributed by atoms with Crippen LogP contribution in [-0.4, -0.2) is 84.4 Å². The average molecular weight is 701 g/mol. The molecular weight excluding hydrogens is 644 g/mol. The fourth-order valence-electron chi connectivity index (χ4n) is 5.46. The van der Waals surface area contributed by atoms with Crippen LogP contribution in [0.5, 0.6) is 0 Å². The second-order valence-corrected chi connectivity index (χ2v) is 13.7. The van der Waals surface area contributed by atoms with E-state index in [2.05, 4.69) is 31.5 Å². The second kappa shape index (κ2) is 20.2. The number of amides is 5. The molecule has 0 bridgehead atoms. The van der Waals surface area contributed by atoms with Gasteiger partial charge in [0.2, 0.25) is 23.6 Å². The summed E-state index contributed by atoms with van der Waals surface area (Å²) in [6.07, 6.45) is -0.319. The Labute approximate surface area is 294 Å². The van der Waals surface area contributed by atoms with Crippen LogP contribution in [0.4, 0.5) is 4.79 Å². The van der Waals surface area contributed by atoms with Crippen molar-refractivity contribution in [1.82, 2.24) is 41.1 Å². The van der Waals surface area contributed by atoms with Gasteiger partial charge in [-0.3, -0.25) is 34.3 Å². The van der Waals surface area contributed by atoms with E-state index in [-0.39, 0.29) is 50.2 Å². The van der Waals surface area contributed by atoms with Gasteiger partial charge in [-0.25, -0.2) is 9.80 Å². The molecule has 0 saturated heterocycles. The van der Waals surface area contributed by atoms with Crippen LogP contribution in [0.1, 0.15) is 84.3 Å². The maximum Gasteiger partial charge on any atom is 0.426 e. The number of rotatable bonds is 19. The van der Waals surface area contributed by atoms with Crippen molar-refractivity contribution in [3.8, 4) is 0 Å². The van der Waals surface area contributed by atoms with Gasteiger partial charge in [0.25, 0.3) is 0 Å². The van der Waals surface area contributed by atoms with E-state index in [4.69, 9.17) is 0 Å². The molecule has 0 spiro atoms. The maximum absolute atomic E-state index is 13.2. The van der Waals surface area contributed by atoms with Crippen LogP contribution >= 0.6 is 0 Å². The monoisotopic (exact) mass is 700 g/mol. The van der Waals surface area contributed by atoms with Crippen LogP contribution in [0.15, 0.2) is 30.5 Å². The summed E-state index contributed by atoms with van der Waals surface area (Å²) in [5, 5.41) is 34.3. The molecule has 2 aromatic rings. The van der Waals surface area contributed by atoms with Crippen LogP contribution in [0.3, 0.4) is 0 Å². The molecule has 15 heteroatoms. The first kappa shape index (κ1) is 41.6. The van der Waals surface area contributed by atoms with E-state index in [1.807, 2.05) is 60.6 Å². The fourth-order valence-corrected chi connectivity index (χ4v) is 5.46. The van der Waals surface area contributed by atoms with E-state index in [9.17, 15) is 34.2 Å². The molecule has 0 aliphatic rings. The van der Waals surface area contributed by atoms with Gasteiger partial charge in [-0.1, -0.05) is 47.6 Å². The highest BCUT2D eigenvalue weighted by Gasteiger charge is 2.30. The topological polar surface area (TPSA) is 208 Å². The zero-order chi connectivity index (χ0) is 37.5. The van der Waals surface area contributed by atoms with E-state index in [0.717, 1.165) is 11.4 Å². The smallest absolute Gasteiger partial charge is 0.426 e. The molecule has 2 aromatic heterocycles. The number of aliphatic hydroxyl groups is 1. The van der Waals surface area contributed by atoms with Gasteiger partial charge >= 0.3 is 6.09 Å². The van der Waals surface area contributed by atoms with Crippen LogP contribution in [0.25, 0.3) is 0 Å². The van der Waals surface area contributed by atoms with E-state index in [0.29, 0.717) is 23.5 Å². The summed E-state index contributed by atoms with van der Waals surface area (Å²) in [5.41, 5.74) is 4.79. The van der Waals surface area contributed by atoms with Gasteiger partial charge in [-0.2, -0.15) is 5.10 Å². The molecule has 2 unspecified atom stereocenters. The summed E-state index contributed by atoms with van der Waals surface area (Å²) in [4.78, 5) is 68.2. The van der Waals surface area contributed by atoms with Crippen molar-refractivity contribution in [2.75, 3.05) is 6.54 Å². The molecule has 278 valence electrons. The Morgan fingerprint density at radius 1 is 0.960 bits per heavy atom. The number of aliphatic hydroxyl groups excluding tert-OH is 1. The summed E-state index contributed by atoms with van der Waals surface area (Å²) in [6.45, 7) is 14.9. The van der Waals surface area contributed by atoms with Crippen molar-refractivity contribution in [3.05, 3.63) is 47.5 Å². The molecule has 5 amide bonds. The number of carboxylic acid groups (broad SMARTS) is 1. The first-order valence-corrected chi connectivity index (χ1v) is 17.3. The van der Waals surface area contributed by atoms with Gasteiger partial charge in [-0.05, 0) is 63.1 Å². The number of hydrazine groups is 1. The molecule has 0 aromatic carbocycles. The molecule has 0 aliphatic heterocycles. The number of nitrogens with zero attached hydrogens (tertiary/aromatic N) is 4. The summed E-state index contributed by atoms with van der Waals surface area (Å²) < 4.78 is 1.71. The molecule has 0 radical (unpaired) electrons. The number of hydrogen-bond acceptors (Lipinski definition) is 8. The molecule has 2 rings (SSSR count). The van der Waals surface area contributed by atoms with Crippen molar-refractivity contribution >= 4 is 29.7 Å². The highest BCUT2D eigenvalue weighted by molar-refractivity contribution is 5.88. The lowest BCUT2D eigenvalue weighted by atomic mass is 9.92. The number of carbonyl (C=O) groups excluding carboxylic acids is 4. The number of pyridine rings is 1. The van der Waals surface area contributed by atoms with E-state index in [1.54, 1.807) is 29.9 Å². The number of aromatic nitrogens is 3. The van der Waals surface area contributed by atoms with E-state index in [1.165, 1.54) is 0 Å². The first-order chi connectivity index (χ1) is 23.5. The number of nitrogens with one attached hydrogen (secondary N) is 4. The third-order valence-corrected chi connectivity index (χ3v) is 8.39. The minimum atomic E-state index is -1.42. The molecule has 15 nitrogen and oxygen atoms in total. The predicted octanol–water partition coefficient (Wildman–Crippen LogP) is 2.70. The molecule has 0 fully saturated rings.